The number of thiophene rings is 1. The molecule has 0 fully saturated rings. The number of anilines is 1. The van der Waals surface area contributed by atoms with E-state index in [4.69, 9.17) is 0 Å². The Kier molecular flexibility index (Phi) is 5.42. The van der Waals surface area contributed by atoms with Gasteiger partial charge in [-0.15, -0.1) is 22.7 Å². The molecule has 4 aromatic rings. The van der Waals surface area contributed by atoms with Gasteiger partial charge in [0.25, 0.3) is 11.8 Å². The fraction of sp³-hybridized carbons (Fsp3) is 0.136. The molecule has 29 heavy (non-hydrogen) atoms. The van der Waals surface area contributed by atoms with Crippen molar-refractivity contribution in [3.8, 4) is 0 Å². The van der Waals surface area contributed by atoms with Crippen LogP contribution in [0.2, 0.25) is 0 Å². The summed E-state index contributed by atoms with van der Waals surface area (Å²) in [5.41, 5.74) is 2.05. The molecule has 0 bridgehead atoms. The van der Waals surface area contributed by atoms with E-state index in [0.29, 0.717) is 16.1 Å². The number of nitrogens with one attached hydrogen (secondary N) is 1. The zero-order valence-electron chi connectivity index (χ0n) is 16.0. The number of para-hydroxylation sites is 1. The number of carbonyl (C=O) groups excluding carboxylic acids is 2. The first-order chi connectivity index (χ1) is 14.0. The molecule has 0 aliphatic carbocycles. The lowest BCUT2D eigenvalue weighted by Crippen LogP contribution is -2.29. The lowest BCUT2D eigenvalue weighted by molar-refractivity contribution is 0.0742. The lowest BCUT2D eigenvalue weighted by atomic mass is 10.1. The van der Waals surface area contributed by atoms with E-state index in [2.05, 4.69) is 10.3 Å². The van der Waals surface area contributed by atoms with Crippen molar-refractivity contribution in [2.75, 3.05) is 12.4 Å². The summed E-state index contributed by atoms with van der Waals surface area (Å²) >= 11 is 2.97. The van der Waals surface area contributed by atoms with Crippen LogP contribution in [0.5, 0.6) is 0 Å². The SMILES string of the molecule is C[C@@H](c1nc2ccccc2s1)N(C)C(=O)c1cccc(NC(=O)c2cccs2)c1. The molecule has 1 N–H and O–H groups in total. The summed E-state index contributed by atoms with van der Waals surface area (Å²) in [6.45, 7) is 1.97. The van der Waals surface area contributed by atoms with E-state index in [9.17, 15) is 9.59 Å². The molecule has 4 rings (SSSR count). The van der Waals surface area contributed by atoms with Crippen molar-refractivity contribution >= 4 is 50.4 Å². The van der Waals surface area contributed by atoms with Crippen molar-refractivity contribution < 1.29 is 9.59 Å². The zero-order valence-corrected chi connectivity index (χ0v) is 17.6. The summed E-state index contributed by atoms with van der Waals surface area (Å²) in [6.07, 6.45) is 0. The fourth-order valence-corrected chi connectivity index (χ4v) is 4.63. The van der Waals surface area contributed by atoms with Crippen molar-refractivity contribution in [3.05, 3.63) is 81.5 Å². The van der Waals surface area contributed by atoms with Crippen molar-refractivity contribution in [3.63, 3.8) is 0 Å². The number of carbonyl (C=O) groups is 2. The maximum absolute atomic E-state index is 13.0. The molecule has 146 valence electrons. The van der Waals surface area contributed by atoms with Crippen molar-refractivity contribution in [1.29, 1.82) is 0 Å². The number of aromatic nitrogens is 1. The van der Waals surface area contributed by atoms with Gasteiger partial charge in [0.1, 0.15) is 5.01 Å². The Morgan fingerprint density at radius 2 is 1.90 bits per heavy atom. The van der Waals surface area contributed by atoms with Gasteiger partial charge in [0.15, 0.2) is 0 Å². The van der Waals surface area contributed by atoms with Gasteiger partial charge in [-0.2, -0.15) is 0 Å². The van der Waals surface area contributed by atoms with Crippen LogP contribution in [0.1, 0.15) is 38.0 Å². The number of thiazole rings is 1. The van der Waals surface area contributed by atoms with Crippen LogP contribution < -0.4 is 5.32 Å². The Hall–Kier alpha value is -3.03. The number of fused-ring (bicyclic) bond motifs is 1. The van der Waals surface area contributed by atoms with E-state index >= 15 is 0 Å². The highest BCUT2D eigenvalue weighted by atomic mass is 32.1. The minimum absolute atomic E-state index is 0.121. The molecule has 0 aliphatic heterocycles. The molecule has 1 atom stereocenters. The van der Waals surface area contributed by atoms with E-state index in [1.807, 2.05) is 42.6 Å². The third-order valence-electron chi connectivity index (χ3n) is 4.68. The quantitative estimate of drug-likeness (QED) is 0.466. The van der Waals surface area contributed by atoms with Crippen LogP contribution in [0.4, 0.5) is 5.69 Å². The molecular weight excluding hydrogens is 402 g/mol. The molecule has 0 saturated heterocycles. The van der Waals surface area contributed by atoms with Crippen LogP contribution in [0.25, 0.3) is 10.2 Å². The molecule has 0 saturated carbocycles. The fourth-order valence-electron chi connectivity index (χ4n) is 2.94. The molecule has 2 heterocycles. The van der Waals surface area contributed by atoms with E-state index in [1.54, 1.807) is 53.6 Å². The second-order valence-corrected chi connectivity index (χ2v) is 8.63. The molecule has 5 nitrogen and oxygen atoms in total. The van der Waals surface area contributed by atoms with Crippen molar-refractivity contribution in [2.45, 2.75) is 13.0 Å². The first-order valence-electron chi connectivity index (χ1n) is 9.10. The number of rotatable bonds is 5. The maximum atomic E-state index is 13.0. The summed E-state index contributed by atoms with van der Waals surface area (Å²) in [5.74, 6) is -0.301. The van der Waals surface area contributed by atoms with Crippen LogP contribution in [0.3, 0.4) is 0 Å². The Morgan fingerprint density at radius 1 is 1.07 bits per heavy atom. The maximum Gasteiger partial charge on any atom is 0.265 e. The zero-order chi connectivity index (χ0) is 20.4. The van der Waals surface area contributed by atoms with Gasteiger partial charge in [-0.1, -0.05) is 24.3 Å². The van der Waals surface area contributed by atoms with Gasteiger partial charge in [-0.25, -0.2) is 4.98 Å². The molecule has 2 amide bonds. The number of nitrogens with zero attached hydrogens (tertiary/aromatic N) is 2. The van der Waals surface area contributed by atoms with Crippen LogP contribution in [0.15, 0.2) is 66.0 Å². The minimum atomic E-state index is -0.180. The van der Waals surface area contributed by atoms with Crippen molar-refractivity contribution in [1.82, 2.24) is 9.88 Å². The van der Waals surface area contributed by atoms with Crippen LogP contribution in [0, 0.1) is 0 Å². The topological polar surface area (TPSA) is 62.3 Å². The predicted octanol–water partition coefficient (Wildman–Crippen LogP) is 5.44. The first-order valence-corrected chi connectivity index (χ1v) is 10.8. The monoisotopic (exact) mass is 421 g/mol. The first kappa shape index (κ1) is 19.3. The Morgan fingerprint density at radius 3 is 2.66 bits per heavy atom. The van der Waals surface area contributed by atoms with E-state index in [1.165, 1.54) is 11.3 Å². The summed E-state index contributed by atoms with van der Waals surface area (Å²) in [7, 11) is 1.77. The van der Waals surface area contributed by atoms with Crippen molar-refractivity contribution in [2.24, 2.45) is 0 Å². The third-order valence-corrected chi connectivity index (χ3v) is 6.76. The largest absolute Gasteiger partial charge is 0.333 e. The van der Waals surface area contributed by atoms with Gasteiger partial charge in [-0.05, 0) is 48.7 Å². The summed E-state index contributed by atoms with van der Waals surface area (Å²) < 4.78 is 1.11. The van der Waals surface area contributed by atoms with E-state index in [0.717, 1.165) is 15.2 Å². The Balaban J connectivity index is 1.51. The molecular formula is C22H19N3O2S2. The molecule has 7 heteroatoms. The van der Waals surface area contributed by atoms with Crippen LogP contribution >= 0.6 is 22.7 Å². The molecule has 0 spiro atoms. The minimum Gasteiger partial charge on any atom is -0.333 e. The second-order valence-electron chi connectivity index (χ2n) is 6.62. The summed E-state index contributed by atoms with van der Waals surface area (Å²) in [4.78, 5) is 32.3. The number of hydrogen-bond acceptors (Lipinski definition) is 5. The predicted molar refractivity (Wildman–Crippen MR) is 119 cm³/mol. The number of amides is 2. The smallest absolute Gasteiger partial charge is 0.265 e. The average molecular weight is 422 g/mol. The standard InChI is InChI=1S/C22H19N3O2S2/c1-14(21-24-17-9-3-4-10-18(17)29-21)25(2)22(27)15-7-5-8-16(13-15)23-20(26)19-11-6-12-28-19/h3-14H,1-2H3,(H,23,26)/t14-/m0/s1. The van der Waals surface area contributed by atoms with Gasteiger partial charge in [-0.3, -0.25) is 9.59 Å². The summed E-state index contributed by atoms with van der Waals surface area (Å²) in [6, 6.07) is 18.4. The van der Waals surface area contributed by atoms with Gasteiger partial charge in [0.05, 0.1) is 21.1 Å². The molecule has 0 aliphatic rings. The number of benzene rings is 2. The molecule has 0 radical (unpaired) electrons. The molecule has 2 aromatic carbocycles. The van der Waals surface area contributed by atoms with Gasteiger partial charge in [0.2, 0.25) is 0 Å². The van der Waals surface area contributed by atoms with E-state index < -0.39 is 0 Å². The van der Waals surface area contributed by atoms with Gasteiger partial charge < -0.3 is 10.2 Å². The molecule has 0 unspecified atom stereocenters. The second kappa shape index (κ2) is 8.14. The highest BCUT2D eigenvalue weighted by Gasteiger charge is 2.22. The molecule has 2 aromatic heterocycles. The highest BCUT2D eigenvalue weighted by Crippen LogP contribution is 2.29. The highest BCUT2D eigenvalue weighted by molar-refractivity contribution is 7.18. The Labute approximate surface area is 176 Å². The van der Waals surface area contributed by atoms with Crippen LogP contribution in [-0.4, -0.2) is 28.7 Å². The van der Waals surface area contributed by atoms with Crippen LogP contribution in [-0.2, 0) is 0 Å². The average Bonchev–Trinajstić information content (AvgIpc) is 3.42. The van der Waals surface area contributed by atoms with E-state index in [-0.39, 0.29) is 17.9 Å². The normalized spacial score (nSPS) is 11.9. The van der Waals surface area contributed by atoms with Gasteiger partial charge >= 0.3 is 0 Å². The third kappa shape index (κ3) is 4.06. The Bertz CT molecular complexity index is 1130. The number of hydrogen-bond donors (Lipinski definition) is 1. The van der Waals surface area contributed by atoms with Gasteiger partial charge in [0, 0.05) is 18.3 Å². The lowest BCUT2D eigenvalue weighted by Gasteiger charge is -2.23. The summed E-state index contributed by atoms with van der Waals surface area (Å²) in [5, 5.41) is 5.59.